The lowest BCUT2D eigenvalue weighted by Crippen LogP contribution is -2.20. The van der Waals surface area contributed by atoms with Crippen molar-refractivity contribution in [2.24, 2.45) is 7.05 Å². The minimum Gasteiger partial charge on any atom is -0.496 e. The normalized spacial score (nSPS) is 11.5. The Morgan fingerprint density at radius 3 is 2.61 bits per heavy atom. The van der Waals surface area contributed by atoms with Gasteiger partial charge in [-0.25, -0.2) is 4.79 Å². The summed E-state index contributed by atoms with van der Waals surface area (Å²) in [6.45, 7) is 1.80. The monoisotopic (exact) mass is 413 g/mol. The number of pyridine rings is 2. The molecule has 0 saturated carbocycles. The molecule has 0 saturated heterocycles. The second-order valence-corrected chi connectivity index (χ2v) is 7.33. The van der Waals surface area contributed by atoms with E-state index in [1.807, 2.05) is 49.5 Å². The second-order valence-electron chi connectivity index (χ2n) is 7.33. The molecule has 0 fully saturated rings. The maximum atomic E-state index is 13.1. The number of ether oxygens (including phenoxy) is 1. The third kappa shape index (κ3) is 3.42. The van der Waals surface area contributed by atoms with Gasteiger partial charge in [0.15, 0.2) is 0 Å². The highest BCUT2D eigenvalue weighted by molar-refractivity contribution is 6.05. The summed E-state index contributed by atoms with van der Waals surface area (Å²) in [5, 5.41) is 0.838. The Kier molecular flexibility index (Phi) is 5.22. The Hall–Kier alpha value is -4.05. The fourth-order valence-electron chi connectivity index (χ4n) is 3.70. The summed E-state index contributed by atoms with van der Waals surface area (Å²) < 4.78 is 8.97. The van der Waals surface area contributed by atoms with Crippen molar-refractivity contribution in [3.8, 4) is 23.3 Å². The first kappa shape index (κ1) is 20.2. The van der Waals surface area contributed by atoms with Gasteiger partial charge in [-0.15, -0.1) is 5.92 Å². The zero-order valence-corrected chi connectivity index (χ0v) is 18.2. The number of fused-ring (bicyclic) bond motifs is 3. The predicted molar refractivity (Wildman–Crippen MR) is 123 cm³/mol. The quantitative estimate of drug-likeness (QED) is 0.481. The summed E-state index contributed by atoms with van der Waals surface area (Å²) in [4.78, 5) is 23.8. The van der Waals surface area contributed by atoms with Gasteiger partial charge in [0.2, 0.25) is 0 Å². The van der Waals surface area contributed by atoms with E-state index in [1.165, 1.54) is 0 Å². The van der Waals surface area contributed by atoms with Crippen LogP contribution in [0.5, 0.6) is 5.75 Å². The van der Waals surface area contributed by atoms with Crippen molar-refractivity contribution in [2.75, 3.05) is 21.2 Å². The molecular weight excluding hydrogens is 390 g/mol. The molecule has 0 N–H and O–H groups in total. The molecular formula is C24H23N5O2. The molecule has 3 aromatic heterocycles. The van der Waals surface area contributed by atoms with Gasteiger partial charge in [-0.2, -0.15) is 0 Å². The standard InChI is InChI=1S/C24H23N5O2/c1-6-7-16(15-27(2)3)18-12-19-20(13-22(18)31-5)26-14-21-23(19)29(24(30)28(21)4)17-8-10-25-11-9-17/h8-15H,1-5H3/b16-15+. The predicted octanol–water partition coefficient (Wildman–Crippen LogP) is 3.21. The van der Waals surface area contributed by atoms with Gasteiger partial charge in [-0.3, -0.25) is 19.1 Å². The fourth-order valence-corrected chi connectivity index (χ4v) is 3.70. The number of aryl methyl sites for hydroxylation is 1. The topological polar surface area (TPSA) is 65.2 Å². The van der Waals surface area contributed by atoms with E-state index in [1.54, 1.807) is 48.8 Å². The molecule has 0 spiro atoms. The number of aromatic nitrogens is 4. The van der Waals surface area contributed by atoms with Crippen LogP contribution in [0.15, 0.2) is 53.9 Å². The number of nitrogens with zero attached hydrogens (tertiary/aromatic N) is 5. The van der Waals surface area contributed by atoms with E-state index in [4.69, 9.17) is 4.74 Å². The van der Waals surface area contributed by atoms with Crippen molar-refractivity contribution in [2.45, 2.75) is 6.92 Å². The molecule has 0 bridgehead atoms. The van der Waals surface area contributed by atoms with Crippen LogP contribution in [0.1, 0.15) is 12.5 Å². The number of benzene rings is 1. The van der Waals surface area contributed by atoms with Crippen LogP contribution < -0.4 is 10.4 Å². The summed E-state index contributed by atoms with van der Waals surface area (Å²) in [6, 6.07) is 7.52. The smallest absolute Gasteiger partial charge is 0.333 e. The fraction of sp³-hybridized carbons (Fsp3) is 0.208. The summed E-state index contributed by atoms with van der Waals surface area (Å²) >= 11 is 0. The molecule has 0 aliphatic heterocycles. The van der Waals surface area contributed by atoms with Crippen LogP contribution in [0, 0.1) is 11.8 Å². The lowest BCUT2D eigenvalue weighted by molar-refractivity contribution is 0.414. The van der Waals surface area contributed by atoms with Crippen LogP contribution >= 0.6 is 0 Å². The largest absolute Gasteiger partial charge is 0.496 e. The van der Waals surface area contributed by atoms with E-state index in [9.17, 15) is 4.79 Å². The van der Waals surface area contributed by atoms with E-state index in [0.29, 0.717) is 5.75 Å². The first-order chi connectivity index (χ1) is 15.0. The average molecular weight is 413 g/mol. The van der Waals surface area contributed by atoms with Crippen molar-refractivity contribution in [3.05, 3.63) is 65.1 Å². The number of rotatable bonds is 4. The van der Waals surface area contributed by atoms with Gasteiger partial charge < -0.3 is 9.64 Å². The Balaban J connectivity index is 2.16. The minimum absolute atomic E-state index is 0.148. The summed E-state index contributed by atoms with van der Waals surface area (Å²) in [7, 11) is 7.28. The number of hydrogen-bond donors (Lipinski definition) is 0. The summed E-state index contributed by atoms with van der Waals surface area (Å²) in [5.74, 6) is 6.81. The minimum atomic E-state index is -0.148. The molecule has 1 aromatic carbocycles. The van der Waals surface area contributed by atoms with E-state index in [0.717, 1.165) is 38.8 Å². The van der Waals surface area contributed by atoms with E-state index >= 15 is 0 Å². The molecule has 0 amide bonds. The number of imidazole rings is 1. The highest BCUT2D eigenvalue weighted by Crippen LogP contribution is 2.34. The zero-order chi connectivity index (χ0) is 22.1. The maximum Gasteiger partial charge on any atom is 0.333 e. The van der Waals surface area contributed by atoms with Crippen LogP contribution in [0.25, 0.3) is 33.2 Å². The summed E-state index contributed by atoms with van der Waals surface area (Å²) in [6.07, 6.45) is 7.02. The highest BCUT2D eigenvalue weighted by atomic mass is 16.5. The lowest BCUT2D eigenvalue weighted by atomic mass is 10.0. The van der Waals surface area contributed by atoms with Gasteiger partial charge in [0, 0.05) is 56.8 Å². The molecule has 0 unspecified atom stereocenters. The molecule has 0 radical (unpaired) electrons. The Morgan fingerprint density at radius 1 is 1.23 bits per heavy atom. The third-order valence-electron chi connectivity index (χ3n) is 5.06. The SMILES string of the molecule is CC#C/C(=C\N(C)C)c1cc2c(cc1OC)ncc1c2n(-c2ccncc2)c(=O)n1C. The van der Waals surface area contributed by atoms with Crippen molar-refractivity contribution < 1.29 is 4.74 Å². The zero-order valence-electron chi connectivity index (χ0n) is 18.2. The molecule has 156 valence electrons. The van der Waals surface area contributed by atoms with E-state index in [2.05, 4.69) is 21.8 Å². The van der Waals surface area contributed by atoms with E-state index in [-0.39, 0.29) is 5.69 Å². The molecule has 7 nitrogen and oxygen atoms in total. The molecule has 4 rings (SSSR count). The number of methoxy groups -OCH3 is 1. The van der Waals surface area contributed by atoms with Crippen molar-refractivity contribution in [3.63, 3.8) is 0 Å². The van der Waals surface area contributed by atoms with Crippen molar-refractivity contribution in [1.82, 2.24) is 24.0 Å². The molecule has 0 aliphatic rings. The second kappa shape index (κ2) is 8.00. The van der Waals surface area contributed by atoms with Gasteiger partial charge in [0.05, 0.1) is 41.1 Å². The Morgan fingerprint density at radius 2 is 1.97 bits per heavy atom. The third-order valence-corrected chi connectivity index (χ3v) is 5.06. The lowest BCUT2D eigenvalue weighted by Gasteiger charge is -2.14. The highest BCUT2D eigenvalue weighted by Gasteiger charge is 2.19. The maximum absolute atomic E-state index is 13.1. The average Bonchev–Trinajstić information content (AvgIpc) is 3.03. The van der Waals surface area contributed by atoms with Gasteiger partial charge in [0.1, 0.15) is 5.75 Å². The molecule has 7 heteroatoms. The van der Waals surface area contributed by atoms with Crippen LogP contribution in [-0.4, -0.2) is 45.2 Å². The Bertz CT molecular complexity index is 1430. The molecule has 0 aliphatic carbocycles. The Labute approximate surface area is 180 Å². The van der Waals surface area contributed by atoms with Crippen molar-refractivity contribution in [1.29, 1.82) is 0 Å². The molecule has 4 aromatic rings. The van der Waals surface area contributed by atoms with Crippen LogP contribution in [-0.2, 0) is 7.05 Å². The van der Waals surface area contributed by atoms with Gasteiger partial charge in [-0.05, 0) is 25.1 Å². The van der Waals surface area contributed by atoms with Gasteiger partial charge >= 0.3 is 5.69 Å². The molecule has 3 heterocycles. The van der Waals surface area contributed by atoms with Crippen LogP contribution in [0.2, 0.25) is 0 Å². The van der Waals surface area contributed by atoms with Gasteiger partial charge in [-0.1, -0.05) is 5.92 Å². The number of hydrogen-bond acceptors (Lipinski definition) is 5. The van der Waals surface area contributed by atoms with E-state index < -0.39 is 0 Å². The first-order valence-corrected chi connectivity index (χ1v) is 9.76. The van der Waals surface area contributed by atoms with Crippen LogP contribution in [0.3, 0.4) is 0 Å². The van der Waals surface area contributed by atoms with Crippen molar-refractivity contribution >= 4 is 27.5 Å². The molecule has 0 atom stereocenters. The van der Waals surface area contributed by atoms with Crippen LogP contribution in [0.4, 0.5) is 0 Å². The van der Waals surface area contributed by atoms with Gasteiger partial charge in [0.25, 0.3) is 0 Å². The molecule has 31 heavy (non-hydrogen) atoms. The first-order valence-electron chi connectivity index (χ1n) is 9.76. The summed E-state index contributed by atoms with van der Waals surface area (Å²) in [5.41, 5.74) is 4.50. The number of allylic oxidation sites excluding steroid dienone is 1.